The first-order valence-electron chi connectivity index (χ1n) is 5.36. The van der Waals surface area contributed by atoms with Crippen molar-refractivity contribution in [3.05, 3.63) is 72.3 Å². The maximum atomic E-state index is 10.3. The van der Waals surface area contributed by atoms with Gasteiger partial charge in [0.1, 0.15) is 0 Å². The van der Waals surface area contributed by atoms with E-state index >= 15 is 0 Å². The Morgan fingerprint density at radius 3 is 2.12 bits per heavy atom. The number of benzene rings is 2. The number of amides is 1. The summed E-state index contributed by atoms with van der Waals surface area (Å²) in [7, 11) is 0. The molecule has 1 N–H and O–H groups in total. The molecular formula is C15H13NO. The van der Waals surface area contributed by atoms with Crippen molar-refractivity contribution in [3.63, 3.8) is 0 Å². The molecule has 0 aliphatic rings. The molecule has 2 aromatic rings. The van der Waals surface area contributed by atoms with E-state index in [0.29, 0.717) is 6.41 Å². The van der Waals surface area contributed by atoms with Crippen LogP contribution in [-0.2, 0) is 4.79 Å². The molecule has 0 atom stereocenters. The van der Waals surface area contributed by atoms with Crippen LogP contribution in [0.15, 0.2) is 61.2 Å². The monoisotopic (exact) mass is 223 g/mol. The molecule has 0 aliphatic heterocycles. The van der Waals surface area contributed by atoms with E-state index in [1.807, 2.05) is 54.6 Å². The molecule has 84 valence electrons. The van der Waals surface area contributed by atoms with Gasteiger partial charge in [0.25, 0.3) is 0 Å². The maximum Gasteiger partial charge on any atom is 0.211 e. The Morgan fingerprint density at radius 2 is 1.53 bits per heavy atom. The first-order valence-corrected chi connectivity index (χ1v) is 5.36. The van der Waals surface area contributed by atoms with Crippen LogP contribution in [-0.4, -0.2) is 6.41 Å². The van der Waals surface area contributed by atoms with Crippen molar-refractivity contribution in [1.82, 2.24) is 0 Å². The number of carbonyl (C=O) groups excluding carboxylic acids is 1. The van der Waals surface area contributed by atoms with Crippen molar-refractivity contribution in [3.8, 4) is 0 Å². The van der Waals surface area contributed by atoms with Crippen LogP contribution in [0.25, 0.3) is 5.57 Å². The highest BCUT2D eigenvalue weighted by atomic mass is 16.1. The molecule has 0 aromatic heterocycles. The summed E-state index contributed by atoms with van der Waals surface area (Å²) in [6.07, 6.45) is 0.668. The number of hydrogen-bond donors (Lipinski definition) is 1. The first-order chi connectivity index (χ1) is 8.31. The Hall–Kier alpha value is -2.35. The second kappa shape index (κ2) is 5.12. The Balaban J connectivity index is 2.23. The zero-order chi connectivity index (χ0) is 12.1. The third-order valence-corrected chi connectivity index (χ3v) is 2.58. The van der Waals surface area contributed by atoms with E-state index in [2.05, 4.69) is 11.9 Å². The highest BCUT2D eigenvalue weighted by molar-refractivity contribution is 5.79. The summed E-state index contributed by atoms with van der Waals surface area (Å²) < 4.78 is 0. The van der Waals surface area contributed by atoms with Gasteiger partial charge >= 0.3 is 0 Å². The van der Waals surface area contributed by atoms with Gasteiger partial charge in [-0.25, -0.2) is 0 Å². The van der Waals surface area contributed by atoms with Crippen LogP contribution in [0, 0.1) is 0 Å². The molecule has 17 heavy (non-hydrogen) atoms. The van der Waals surface area contributed by atoms with E-state index in [4.69, 9.17) is 0 Å². The van der Waals surface area contributed by atoms with Gasteiger partial charge in [0, 0.05) is 5.69 Å². The highest BCUT2D eigenvalue weighted by Crippen LogP contribution is 2.22. The van der Waals surface area contributed by atoms with Crippen LogP contribution in [0.2, 0.25) is 0 Å². The molecule has 2 heteroatoms. The average Bonchev–Trinajstić information content (AvgIpc) is 2.40. The first kappa shape index (κ1) is 11.1. The van der Waals surface area contributed by atoms with Gasteiger partial charge in [-0.1, -0.05) is 49.0 Å². The maximum absolute atomic E-state index is 10.3. The zero-order valence-corrected chi connectivity index (χ0v) is 9.39. The summed E-state index contributed by atoms with van der Waals surface area (Å²) in [5.41, 5.74) is 3.91. The molecule has 0 aliphatic carbocycles. The predicted molar refractivity (Wildman–Crippen MR) is 70.7 cm³/mol. The molecule has 0 bridgehead atoms. The van der Waals surface area contributed by atoms with Crippen molar-refractivity contribution >= 4 is 17.7 Å². The zero-order valence-electron chi connectivity index (χ0n) is 9.39. The molecule has 0 saturated carbocycles. The molecule has 0 radical (unpaired) electrons. The van der Waals surface area contributed by atoms with Gasteiger partial charge in [-0.2, -0.15) is 0 Å². The third kappa shape index (κ3) is 2.61. The second-order valence-corrected chi connectivity index (χ2v) is 3.68. The lowest BCUT2D eigenvalue weighted by Crippen LogP contribution is -1.93. The van der Waals surface area contributed by atoms with Crippen molar-refractivity contribution in [2.45, 2.75) is 0 Å². The molecule has 2 rings (SSSR count). The van der Waals surface area contributed by atoms with Crippen LogP contribution < -0.4 is 5.32 Å². The number of rotatable bonds is 4. The number of hydrogen-bond acceptors (Lipinski definition) is 1. The summed E-state index contributed by atoms with van der Waals surface area (Å²) >= 11 is 0. The summed E-state index contributed by atoms with van der Waals surface area (Å²) in [5.74, 6) is 0. The minimum absolute atomic E-state index is 0.668. The van der Waals surface area contributed by atoms with Crippen molar-refractivity contribution in [2.24, 2.45) is 0 Å². The number of carbonyl (C=O) groups is 1. The van der Waals surface area contributed by atoms with Crippen LogP contribution in [0.3, 0.4) is 0 Å². The smallest absolute Gasteiger partial charge is 0.211 e. The fraction of sp³-hybridized carbons (Fsp3) is 0. The van der Waals surface area contributed by atoms with Gasteiger partial charge in [-0.3, -0.25) is 4.79 Å². The van der Waals surface area contributed by atoms with E-state index in [1.165, 1.54) is 0 Å². The fourth-order valence-corrected chi connectivity index (χ4v) is 1.64. The van der Waals surface area contributed by atoms with Crippen LogP contribution in [0.1, 0.15) is 11.1 Å². The van der Waals surface area contributed by atoms with Crippen LogP contribution >= 0.6 is 0 Å². The van der Waals surface area contributed by atoms with E-state index in [9.17, 15) is 4.79 Å². The standard InChI is InChI=1S/C15H13NO/c1-12(13-5-3-2-4-6-13)14-7-9-15(10-8-14)16-11-17/h2-11H,1H2,(H,16,17). The number of anilines is 1. The summed E-state index contributed by atoms with van der Waals surface area (Å²) in [5, 5.41) is 2.60. The van der Waals surface area contributed by atoms with Gasteiger partial charge in [0.05, 0.1) is 0 Å². The van der Waals surface area contributed by atoms with E-state index in [1.54, 1.807) is 0 Å². The normalized spacial score (nSPS) is 9.65. The predicted octanol–water partition coefficient (Wildman–Crippen LogP) is 3.32. The van der Waals surface area contributed by atoms with Gasteiger partial charge < -0.3 is 5.32 Å². The van der Waals surface area contributed by atoms with Gasteiger partial charge in [0.2, 0.25) is 6.41 Å². The van der Waals surface area contributed by atoms with Gasteiger partial charge in [-0.15, -0.1) is 0 Å². The second-order valence-electron chi connectivity index (χ2n) is 3.68. The lowest BCUT2D eigenvalue weighted by molar-refractivity contribution is -0.105. The van der Waals surface area contributed by atoms with E-state index in [-0.39, 0.29) is 0 Å². The Bertz CT molecular complexity index is 514. The lowest BCUT2D eigenvalue weighted by Gasteiger charge is -2.07. The van der Waals surface area contributed by atoms with Crippen LogP contribution in [0.5, 0.6) is 0 Å². The fourth-order valence-electron chi connectivity index (χ4n) is 1.64. The molecule has 0 heterocycles. The summed E-state index contributed by atoms with van der Waals surface area (Å²) in [6.45, 7) is 4.08. The largest absolute Gasteiger partial charge is 0.329 e. The molecule has 1 amide bonds. The Kier molecular flexibility index (Phi) is 3.36. The quantitative estimate of drug-likeness (QED) is 0.791. The Morgan fingerprint density at radius 1 is 0.941 bits per heavy atom. The minimum atomic E-state index is 0.668. The summed E-state index contributed by atoms with van der Waals surface area (Å²) in [4.78, 5) is 10.3. The summed E-state index contributed by atoms with van der Waals surface area (Å²) in [6, 6.07) is 17.6. The molecule has 0 unspecified atom stereocenters. The highest BCUT2D eigenvalue weighted by Gasteiger charge is 2.01. The SMILES string of the molecule is C=C(c1ccccc1)c1ccc(NC=O)cc1. The minimum Gasteiger partial charge on any atom is -0.329 e. The average molecular weight is 223 g/mol. The molecule has 0 saturated heterocycles. The van der Waals surface area contributed by atoms with Gasteiger partial charge in [0.15, 0.2) is 0 Å². The van der Waals surface area contributed by atoms with E-state index < -0.39 is 0 Å². The third-order valence-electron chi connectivity index (χ3n) is 2.58. The molecule has 2 nitrogen and oxygen atoms in total. The van der Waals surface area contributed by atoms with Gasteiger partial charge in [-0.05, 0) is 28.8 Å². The molecule has 0 spiro atoms. The molecular weight excluding hydrogens is 210 g/mol. The molecule has 2 aromatic carbocycles. The Labute approximate surface area is 101 Å². The van der Waals surface area contributed by atoms with Crippen LogP contribution in [0.4, 0.5) is 5.69 Å². The topological polar surface area (TPSA) is 29.1 Å². The van der Waals surface area contributed by atoms with Crippen molar-refractivity contribution in [1.29, 1.82) is 0 Å². The van der Waals surface area contributed by atoms with E-state index in [0.717, 1.165) is 22.4 Å². The number of nitrogens with one attached hydrogen (secondary N) is 1. The van der Waals surface area contributed by atoms with Crippen molar-refractivity contribution < 1.29 is 4.79 Å². The molecule has 0 fully saturated rings. The van der Waals surface area contributed by atoms with Crippen molar-refractivity contribution in [2.75, 3.05) is 5.32 Å². The lowest BCUT2D eigenvalue weighted by atomic mass is 10.00.